The lowest BCUT2D eigenvalue weighted by atomic mass is 9.89. The smallest absolute Gasteiger partial charge is 0.470 e. The van der Waals surface area contributed by atoms with Gasteiger partial charge in [0.2, 0.25) is 0 Å². The first kappa shape index (κ1) is 55.9. The highest BCUT2D eigenvalue weighted by Crippen LogP contribution is 2.47. The maximum absolute atomic E-state index is 12.9. The Morgan fingerprint density at radius 2 is 1.02 bits per heavy atom. The molecular formula is C30H52O33P2. The molecule has 4 saturated heterocycles. The van der Waals surface area contributed by atoms with Crippen LogP contribution in [0, 0.1) is 0 Å². The molecule has 0 aliphatic carbocycles. The van der Waals surface area contributed by atoms with E-state index in [1.54, 1.807) is 0 Å². The Labute approximate surface area is 363 Å². The fourth-order valence-electron chi connectivity index (χ4n) is 7.42. The van der Waals surface area contributed by atoms with Gasteiger partial charge in [0.05, 0.1) is 38.6 Å². The summed E-state index contributed by atoms with van der Waals surface area (Å²) in [5.74, 6) is -11.4. The number of carboxylic acids is 2. The van der Waals surface area contributed by atoms with Crippen LogP contribution in [0.2, 0.25) is 0 Å². The number of phosphoric acid groups is 2. The van der Waals surface area contributed by atoms with E-state index in [4.69, 9.17) is 37.7 Å². The van der Waals surface area contributed by atoms with Gasteiger partial charge in [0.15, 0.2) is 12.6 Å². The second kappa shape index (κ2) is 22.0. The van der Waals surface area contributed by atoms with E-state index >= 15 is 0 Å². The number of phosphoric ester groups is 2. The molecule has 65 heavy (non-hydrogen) atoms. The number of aliphatic hydroxyl groups excluding tert-OH is 13. The van der Waals surface area contributed by atoms with E-state index in [0.717, 1.165) is 0 Å². The fraction of sp³-hybridized carbons (Fsp3) is 0.933. The van der Waals surface area contributed by atoms with Crippen molar-refractivity contribution in [3.8, 4) is 0 Å². The summed E-state index contributed by atoms with van der Waals surface area (Å²) in [5.41, 5.74) is 0. The molecule has 0 bridgehead atoms. The molecule has 4 rings (SSSR count). The van der Waals surface area contributed by atoms with Gasteiger partial charge in [-0.05, 0) is 0 Å². The lowest BCUT2D eigenvalue weighted by Gasteiger charge is -2.52. The Hall–Kier alpha value is -1.68. The highest BCUT2D eigenvalue weighted by Gasteiger charge is 2.63. The maximum Gasteiger partial charge on any atom is 0.470 e. The van der Waals surface area contributed by atoms with Gasteiger partial charge in [-0.3, -0.25) is 9.05 Å². The molecule has 4 aliphatic rings. The summed E-state index contributed by atoms with van der Waals surface area (Å²) in [6.07, 6.45) is -51.4. The molecule has 0 unspecified atom stereocenters. The second-order valence-electron chi connectivity index (χ2n) is 15.2. The summed E-state index contributed by atoms with van der Waals surface area (Å²) >= 11 is 0. The molecular weight excluding hydrogens is 950 g/mol. The van der Waals surface area contributed by atoms with Crippen molar-refractivity contribution in [3.05, 3.63) is 0 Å². The van der Waals surface area contributed by atoms with Crippen LogP contribution in [0.4, 0.5) is 0 Å². The lowest BCUT2D eigenvalue weighted by molar-refractivity contribution is -0.401. The Morgan fingerprint density at radius 1 is 0.569 bits per heavy atom. The maximum atomic E-state index is 12.9. The van der Waals surface area contributed by atoms with Crippen LogP contribution in [0.1, 0.15) is 12.8 Å². The molecule has 0 amide bonds. The average Bonchev–Trinajstić information content (AvgIpc) is 3.22. The van der Waals surface area contributed by atoms with Crippen LogP contribution in [-0.2, 0) is 60.9 Å². The Kier molecular flexibility index (Phi) is 18.9. The first-order valence-electron chi connectivity index (χ1n) is 18.9. The van der Waals surface area contributed by atoms with Gasteiger partial charge >= 0.3 is 27.6 Å². The predicted molar refractivity (Wildman–Crippen MR) is 190 cm³/mol. The predicted octanol–water partition coefficient (Wildman–Crippen LogP) is -11.1. The van der Waals surface area contributed by atoms with E-state index in [9.17, 15) is 120 Å². The summed E-state index contributed by atoms with van der Waals surface area (Å²) in [6, 6.07) is 0. The summed E-state index contributed by atoms with van der Waals surface area (Å²) in [6.45, 7) is -5.35. The molecule has 0 saturated carbocycles. The van der Waals surface area contributed by atoms with Crippen LogP contribution in [0.15, 0.2) is 0 Å². The average molecular weight is 1000 g/mol. The molecule has 380 valence electrons. The first-order valence-corrected chi connectivity index (χ1v) is 21.9. The Bertz CT molecular complexity index is 1680. The van der Waals surface area contributed by atoms with Crippen molar-refractivity contribution in [2.24, 2.45) is 0 Å². The molecule has 20 N–H and O–H groups in total. The molecule has 4 aliphatic heterocycles. The van der Waals surface area contributed by atoms with E-state index in [1.165, 1.54) is 0 Å². The summed E-state index contributed by atoms with van der Waals surface area (Å²) < 4.78 is 71.3. The minimum atomic E-state index is -5.87. The van der Waals surface area contributed by atoms with Crippen LogP contribution >= 0.6 is 15.6 Å². The molecule has 0 aromatic rings. The highest BCUT2D eigenvalue weighted by molar-refractivity contribution is 7.46. The SMILES string of the molecule is O=C(O)[C@@]1(O[C@@H]2C[C@](O)(C(=O)O)O[C@H]([C@H](O)CO)[C@@H]2O[C@H]2O[C@H]([C@@H](O)CO)[C@@H](OP(=O)(O)O)[C@H](O[C@H]3O[C@H]([C@@H](O)CO)[C@@H](OP(=O)(O)O)[C@H](O)[C@@H]3O)[C@@H]2O)C[C@@H](O)[C@@H](O)[C@@H]([C@H](O)CO)O1. The first-order chi connectivity index (χ1) is 30.0. The number of aliphatic hydroxyl groups is 14. The summed E-state index contributed by atoms with van der Waals surface area (Å²) in [7, 11) is -11.5. The second-order valence-corrected chi connectivity index (χ2v) is 17.6. The largest absolute Gasteiger partial charge is 0.477 e. The van der Waals surface area contributed by atoms with Gasteiger partial charge in [-0.1, -0.05) is 0 Å². The Morgan fingerprint density at radius 3 is 1.49 bits per heavy atom. The normalized spacial score (nSPS) is 42.7. The number of hydrogen-bond donors (Lipinski definition) is 20. The van der Waals surface area contributed by atoms with Crippen molar-refractivity contribution in [3.63, 3.8) is 0 Å². The summed E-state index contributed by atoms with van der Waals surface area (Å²) in [5, 5.41) is 167. The summed E-state index contributed by atoms with van der Waals surface area (Å²) in [4.78, 5) is 63.6. The third-order valence-electron chi connectivity index (χ3n) is 10.5. The molecule has 0 aromatic heterocycles. The van der Waals surface area contributed by atoms with Crippen molar-refractivity contribution < 1.29 is 162 Å². The van der Waals surface area contributed by atoms with Gasteiger partial charge in [0.1, 0.15) is 97.7 Å². The molecule has 0 aromatic carbocycles. The monoisotopic (exact) mass is 1000 g/mol. The molecule has 33 nitrogen and oxygen atoms in total. The molecule has 0 radical (unpaired) electrons. The fourth-order valence-corrected chi connectivity index (χ4v) is 8.53. The van der Waals surface area contributed by atoms with E-state index < -0.39 is 201 Å². The van der Waals surface area contributed by atoms with Crippen molar-refractivity contribution in [2.75, 3.05) is 26.4 Å². The Balaban J connectivity index is 1.86. The van der Waals surface area contributed by atoms with Crippen LogP contribution < -0.4 is 0 Å². The van der Waals surface area contributed by atoms with Crippen LogP contribution in [-0.4, -0.2) is 274 Å². The molecule has 4 fully saturated rings. The van der Waals surface area contributed by atoms with Crippen LogP contribution in [0.5, 0.6) is 0 Å². The number of carbonyl (C=O) groups is 2. The zero-order valence-corrected chi connectivity index (χ0v) is 34.7. The van der Waals surface area contributed by atoms with E-state index in [-0.39, 0.29) is 0 Å². The van der Waals surface area contributed by atoms with E-state index in [1.807, 2.05) is 0 Å². The zero-order valence-electron chi connectivity index (χ0n) is 32.9. The highest BCUT2D eigenvalue weighted by atomic mass is 31.2. The molecule has 0 spiro atoms. The number of carboxylic acid groups (broad SMARTS) is 2. The number of rotatable bonds is 20. The third-order valence-corrected chi connectivity index (χ3v) is 11.6. The van der Waals surface area contributed by atoms with Crippen LogP contribution in [0.25, 0.3) is 0 Å². The van der Waals surface area contributed by atoms with Gasteiger partial charge in [0, 0.05) is 12.8 Å². The molecule has 22 atom stereocenters. The van der Waals surface area contributed by atoms with E-state index in [2.05, 4.69) is 4.52 Å². The number of ether oxygens (including phenoxy) is 7. The van der Waals surface area contributed by atoms with Gasteiger partial charge in [-0.2, -0.15) is 0 Å². The zero-order chi connectivity index (χ0) is 49.3. The number of hydrogen-bond acceptors (Lipinski definition) is 27. The lowest BCUT2D eigenvalue weighted by Crippen LogP contribution is -2.70. The molecule has 4 heterocycles. The van der Waals surface area contributed by atoms with Gasteiger partial charge < -0.3 is 134 Å². The van der Waals surface area contributed by atoms with Crippen molar-refractivity contribution >= 4 is 27.6 Å². The van der Waals surface area contributed by atoms with Crippen molar-refractivity contribution in [1.29, 1.82) is 0 Å². The number of aliphatic carboxylic acids is 2. The minimum absolute atomic E-state index is 1.23. The van der Waals surface area contributed by atoms with Gasteiger partial charge in [-0.15, -0.1) is 0 Å². The minimum Gasteiger partial charge on any atom is -0.477 e. The molecule has 35 heteroatoms. The third kappa shape index (κ3) is 12.8. The van der Waals surface area contributed by atoms with E-state index in [0.29, 0.717) is 0 Å². The van der Waals surface area contributed by atoms with Gasteiger partial charge in [0.25, 0.3) is 11.6 Å². The topological polar surface area (TPSA) is 556 Å². The van der Waals surface area contributed by atoms with Crippen molar-refractivity contribution in [1.82, 2.24) is 0 Å². The van der Waals surface area contributed by atoms with Crippen molar-refractivity contribution in [2.45, 2.75) is 147 Å². The standard InChI is InChI=1S/C30H52O33P2/c31-3-8(36)17-13(40)7(35)1-30(61-17,28(46)47)59-12-2-29(48,27(44)45)60-20(11(39)6-34)21(12)57-26-16(43)22(24(63-65(52,53)54)19(56-26)10(38)5-33)58-25-15(42)14(41)23(62-64(49,50)51)18(55-25)9(37)4-32/h7-26,31-43,48H,1-6H2,(H,44,45)(H,46,47)(H2,49,50,51)(H2,52,53,54)/t7-,8-,9+,10+,11-,12-,13-,14-,15+,16+,17-,18-,19-,20-,21-,22-,23+,24-,25-,26-,29-,30-/m1/s1. The van der Waals surface area contributed by atoms with Crippen LogP contribution in [0.3, 0.4) is 0 Å². The van der Waals surface area contributed by atoms with Gasteiger partial charge in [-0.25, -0.2) is 18.7 Å². The quantitative estimate of drug-likeness (QED) is 0.0504.